The van der Waals surface area contributed by atoms with E-state index < -0.39 is 0 Å². The number of aromatic nitrogens is 2. The van der Waals surface area contributed by atoms with E-state index in [1.54, 1.807) is 10.9 Å². The van der Waals surface area contributed by atoms with Crippen molar-refractivity contribution in [2.24, 2.45) is 0 Å². The third kappa shape index (κ3) is 3.26. The number of carbonyl (C=O) groups excluding carboxylic acids is 1. The van der Waals surface area contributed by atoms with Crippen LogP contribution in [0.25, 0.3) is 10.9 Å². The number of para-hydroxylation sites is 1. The number of rotatable bonds is 3. The van der Waals surface area contributed by atoms with Crippen molar-refractivity contribution in [1.29, 1.82) is 0 Å². The first-order valence-corrected chi connectivity index (χ1v) is 8.16. The molecule has 0 aliphatic carbocycles. The molecule has 0 saturated carbocycles. The Morgan fingerprint density at radius 1 is 1.29 bits per heavy atom. The van der Waals surface area contributed by atoms with Gasteiger partial charge in [-0.1, -0.05) is 18.2 Å². The molecule has 4 nitrogen and oxygen atoms in total. The zero-order chi connectivity index (χ0) is 14.8. The zero-order valence-electron chi connectivity index (χ0n) is 10.9. The highest BCUT2D eigenvalue weighted by molar-refractivity contribution is 14.1. The minimum absolute atomic E-state index is 0.0954. The van der Waals surface area contributed by atoms with E-state index in [-0.39, 0.29) is 12.5 Å². The molecule has 3 rings (SSSR count). The summed E-state index contributed by atoms with van der Waals surface area (Å²) < 4.78 is 3.77. The number of nitrogens with zero attached hydrogens (tertiary/aromatic N) is 2. The SMILES string of the molecule is O=C(Cn1ncc2ccccc21)Nc1ccc(Br)c(I)c1. The van der Waals surface area contributed by atoms with Crippen molar-refractivity contribution in [3.05, 3.63) is 56.7 Å². The Morgan fingerprint density at radius 3 is 2.90 bits per heavy atom. The van der Waals surface area contributed by atoms with Crippen LogP contribution in [0, 0.1) is 3.57 Å². The Kier molecular flexibility index (Phi) is 4.25. The van der Waals surface area contributed by atoms with Crippen molar-refractivity contribution in [3.63, 3.8) is 0 Å². The number of carbonyl (C=O) groups is 1. The van der Waals surface area contributed by atoms with Crippen molar-refractivity contribution in [2.75, 3.05) is 5.32 Å². The monoisotopic (exact) mass is 455 g/mol. The molecule has 21 heavy (non-hydrogen) atoms. The minimum atomic E-state index is -0.0954. The highest BCUT2D eigenvalue weighted by Gasteiger charge is 2.08. The number of hydrogen-bond donors (Lipinski definition) is 1. The average molecular weight is 456 g/mol. The molecule has 0 unspecified atom stereocenters. The summed E-state index contributed by atoms with van der Waals surface area (Å²) in [6.07, 6.45) is 1.77. The summed E-state index contributed by atoms with van der Waals surface area (Å²) in [5.74, 6) is -0.0954. The van der Waals surface area contributed by atoms with Gasteiger partial charge in [-0.3, -0.25) is 9.48 Å². The van der Waals surface area contributed by atoms with Gasteiger partial charge in [-0.15, -0.1) is 0 Å². The smallest absolute Gasteiger partial charge is 0.246 e. The van der Waals surface area contributed by atoms with Crippen LogP contribution >= 0.6 is 38.5 Å². The third-order valence-electron chi connectivity index (χ3n) is 3.05. The van der Waals surface area contributed by atoms with Crippen molar-refractivity contribution in [1.82, 2.24) is 9.78 Å². The molecule has 6 heteroatoms. The van der Waals surface area contributed by atoms with E-state index in [9.17, 15) is 4.79 Å². The third-order valence-corrected chi connectivity index (χ3v) is 5.37. The van der Waals surface area contributed by atoms with E-state index in [1.165, 1.54) is 0 Å². The van der Waals surface area contributed by atoms with Crippen LogP contribution in [-0.4, -0.2) is 15.7 Å². The van der Waals surface area contributed by atoms with Crippen molar-refractivity contribution >= 4 is 61.0 Å². The van der Waals surface area contributed by atoms with E-state index in [0.29, 0.717) is 0 Å². The molecular weight excluding hydrogens is 445 g/mol. The molecule has 3 aromatic rings. The summed E-state index contributed by atoms with van der Waals surface area (Å²) in [4.78, 5) is 12.1. The fourth-order valence-electron chi connectivity index (χ4n) is 2.06. The molecule has 1 N–H and O–H groups in total. The molecule has 0 atom stereocenters. The van der Waals surface area contributed by atoms with Gasteiger partial charge in [0.05, 0.1) is 11.7 Å². The maximum Gasteiger partial charge on any atom is 0.246 e. The number of halogens is 2. The van der Waals surface area contributed by atoms with Gasteiger partial charge in [0.2, 0.25) is 5.91 Å². The normalized spacial score (nSPS) is 10.8. The lowest BCUT2D eigenvalue weighted by Crippen LogP contribution is -2.19. The number of benzene rings is 2. The van der Waals surface area contributed by atoms with E-state index in [4.69, 9.17) is 0 Å². The summed E-state index contributed by atoms with van der Waals surface area (Å²) in [7, 11) is 0. The Morgan fingerprint density at radius 2 is 2.10 bits per heavy atom. The minimum Gasteiger partial charge on any atom is -0.324 e. The van der Waals surface area contributed by atoms with Crippen LogP contribution < -0.4 is 5.32 Å². The van der Waals surface area contributed by atoms with E-state index in [1.807, 2.05) is 42.5 Å². The second-order valence-electron chi connectivity index (χ2n) is 4.54. The molecule has 0 fully saturated rings. The van der Waals surface area contributed by atoms with Crippen LogP contribution in [0.5, 0.6) is 0 Å². The van der Waals surface area contributed by atoms with E-state index in [2.05, 4.69) is 48.9 Å². The first-order chi connectivity index (χ1) is 10.1. The van der Waals surface area contributed by atoms with Crippen LogP contribution in [0.3, 0.4) is 0 Å². The van der Waals surface area contributed by atoms with Crippen LogP contribution in [0.1, 0.15) is 0 Å². The lowest BCUT2D eigenvalue weighted by molar-refractivity contribution is -0.116. The van der Waals surface area contributed by atoms with E-state index in [0.717, 1.165) is 24.6 Å². The van der Waals surface area contributed by atoms with Crippen molar-refractivity contribution in [2.45, 2.75) is 6.54 Å². The summed E-state index contributed by atoms with van der Waals surface area (Å²) in [5, 5.41) is 8.17. The Labute approximate surface area is 143 Å². The number of anilines is 1. The predicted molar refractivity (Wildman–Crippen MR) is 95.2 cm³/mol. The van der Waals surface area contributed by atoms with Gasteiger partial charge in [-0.25, -0.2) is 0 Å². The predicted octanol–water partition coefficient (Wildman–Crippen LogP) is 4.04. The molecule has 0 aliphatic heterocycles. The van der Waals surface area contributed by atoms with Gasteiger partial charge in [-0.05, 0) is 62.8 Å². The molecule has 0 saturated heterocycles. The Balaban J connectivity index is 1.75. The quantitative estimate of drug-likeness (QED) is 0.606. The van der Waals surface area contributed by atoms with Gasteiger partial charge in [0, 0.05) is 19.1 Å². The maximum atomic E-state index is 12.1. The van der Waals surface area contributed by atoms with Crippen molar-refractivity contribution < 1.29 is 4.79 Å². The summed E-state index contributed by atoms with van der Waals surface area (Å²) in [5.41, 5.74) is 1.74. The molecule has 2 aromatic carbocycles. The lowest BCUT2D eigenvalue weighted by Gasteiger charge is -2.07. The second-order valence-corrected chi connectivity index (χ2v) is 6.55. The fraction of sp³-hybridized carbons (Fsp3) is 0.0667. The van der Waals surface area contributed by atoms with Gasteiger partial charge in [-0.2, -0.15) is 5.10 Å². The number of fused-ring (bicyclic) bond motifs is 1. The Hall–Kier alpha value is -1.41. The summed E-state index contributed by atoms with van der Waals surface area (Å²) in [6.45, 7) is 0.195. The Bertz CT molecular complexity index is 816. The lowest BCUT2D eigenvalue weighted by atomic mass is 10.2. The largest absolute Gasteiger partial charge is 0.324 e. The zero-order valence-corrected chi connectivity index (χ0v) is 14.6. The number of amides is 1. The molecule has 106 valence electrons. The van der Waals surface area contributed by atoms with Crippen LogP contribution in [0.2, 0.25) is 0 Å². The second kappa shape index (κ2) is 6.15. The molecule has 1 heterocycles. The molecule has 1 amide bonds. The molecule has 0 aliphatic rings. The molecular formula is C15H11BrIN3O. The molecule has 1 aromatic heterocycles. The fourth-order valence-corrected chi connectivity index (χ4v) is 2.82. The van der Waals surface area contributed by atoms with Crippen molar-refractivity contribution in [3.8, 4) is 0 Å². The number of nitrogens with one attached hydrogen (secondary N) is 1. The maximum absolute atomic E-state index is 12.1. The van der Waals surface area contributed by atoms with Gasteiger partial charge >= 0.3 is 0 Å². The van der Waals surface area contributed by atoms with Crippen LogP contribution in [0.15, 0.2) is 53.1 Å². The van der Waals surface area contributed by atoms with Gasteiger partial charge in [0.25, 0.3) is 0 Å². The average Bonchev–Trinajstić information content (AvgIpc) is 2.86. The summed E-state index contributed by atoms with van der Waals surface area (Å²) >= 11 is 5.65. The molecule has 0 spiro atoms. The van der Waals surface area contributed by atoms with Gasteiger partial charge in [0.15, 0.2) is 0 Å². The van der Waals surface area contributed by atoms with Crippen LogP contribution in [0.4, 0.5) is 5.69 Å². The molecule has 0 radical (unpaired) electrons. The van der Waals surface area contributed by atoms with Gasteiger partial charge in [0.1, 0.15) is 6.54 Å². The first-order valence-electron chi connectivity index (χ1n) is 6.29. The first kappa shape index (κ1) is 14.5. The summed E-state index contributed by atoms with van der Waals surface area (Å²) in [6, 6.07) is 13.5. The standard InChI is InChI=1S/C15H11BrIN3O/c16-12-6-5-11(7-13(12)17)19-15(21)9-20-14-4-2-1-3-10(14)8-18-20/h1-8H,9H2,(H,19,21). The molecule has 0 bridgehead atoms. The topological polar surface area (TPSA) is 46.9 Å². The highest BCUT2D eigenvalue weighted by atomic mass is 127. The van der Waals surface area contributed by atoms with Gasteiger partial charge < -0.3 is 5.32 Å². The van der Waals surface area contributed by atoms with Crippen LogP contribution in [-0.2, 0) is 11.3 Å². The highest BCUT2D eigenvalue weighted by Crippen LogP contribution is 2.22. The number of hydrogen-bond acceptors (Lipinski definition) is 2. The van der Waals surface area contributed by atoms with E-state index >= 15 is 0 Å².